The van der Waals surface area contributed by atoms with Crippen molar-refractivity contribution < 1.29 is 4.74 Å². The molecule has 0 aromatic heterocycles. The minimum Gasteiger partial charge on any atom is -0.453 e. The molecule has 0 radical (unpaired) electrons. The van der Waals surface area contributed by atoms with E-state index in [2.05, 4.69) is 183 Å². The van der Waals surface area contributed by atoms with Gasteiger partial charge in [0.2, 0.25) is 0 Å². The predicted octanol–water partition coefficient (Wildman–Crippen LogP) is 12.8. The van der Waals surface area contributed by atoms with Crippen LogP contribution in [-0.4, -0.2) is 0 Å². The van der Waals surface area contributed by atoms with Gasteiger partial charge in [0.15, 0.2) is 11.5 Å². The lowest BCUT2D eigenvalue weighted by Crippen LogP contribution is -2.34. The topological polar surface area (TPSA) is 15.7 Å². The summed E-state index contributed by atoms with van der Waals surface area (Å²) in [6, 6.07) is 53.2. The van der Waals surface area contributed by atoms with Crippen LogP contribution in [0.1, 0.15) is 49.9 Å². The van der Waals surface area contributed by atoms with E-state index in [1.807, 2.05) is 0 Å². The van der Waals surface area contributed by atoms with Crippen LogP contribution in [0.2, 0.25) is 0 Å². The van der Waals surface area contributed by atoms with Crippen LogP contribution < -0.4 is 14.5 Å². The molecule has 0 bridgehead atoms. The fourth-order valence-corrected chi connectivity index (χ4v) is 8.88. The fourth-order valence-electron chi connectivity index (χ4n) is 8.88. The van der Waals surface area contributed by atoms with Crippen molar-refractivity contribution >= 4 is 44.9 Å². The quantitative estimate of drug-likeness (QED) is 0.193. The molecular weight excluding hydrogens is 597 g/mol. The Hall–Kier alpha value is -5.80. The first-order valence-corrected chi connectivity index (χ1v) is 17.2. The van der Waals surface area contributed by atoms with Crippen molar-refractivity contribution in [2.45, 2.75) is 38.5 Å². The zero-order valence-corrected chi connectivity index (χ0v) is 28.2. The van der Waals surface area contributed by atoms with Gasteiger partial charge in [0.1, 0.15) is 0 Å². The van der Waals surface area contributed by atoms with Crippen molar-refractivity contribution in [3.05, 3.63) is 168 Å². The lowest BCUT2D eigenvalue weighted by atomic mass is 9.72. The maximum absolute atomic E-state index is 6.53. The Morgan fingerprint density at radius 3 is 2.08 bits per heavy atom. The summed E-state index contributed by atoms with van der Waals surface area (Å²) in [6.07, 6.45) is 0. The van der Waals surface area contributed by atoms with Crippen molar-refractivity contribution in [3.8, 4) is 22.6 Å². The maximum Gasteiger partial charge on any atom is 0.151 e. The van der Waals surface area contributed by atoms with Crippen LogP contribution in [0.25, 0.3) is 21.9 Å². The molecule has 3 heteroatoms. The van der Waals surface area contributed by atoms with E-state index in [-0.39, 0.29) is 10.8 Å². The molecule has 0 saturated heterocycles. The molecule has 2 aliphatic heterocycles. The maximum atomic E-state index is 6.53. The van der Waals surface area contributed by atoms with Gasteiger partial charge in [0.25, 0.3) is 0 Å². The fraction of sp³-hybridized carbons (Fsp3) is 0.130. The molecule has 0 spiro atoms. The molecule has 49 heavy (non-hydrogen) atoms. The van der Waals surface area contributed by atoms with Gasteiger partial charge in [-0.1, -0.05) is 125 Å². The van der Waals surface area contributed by atoms with E-state index in [0.717, 1.165) is 34.2 Å². The minimum absolute atomic E-state index is 0.116. The molecule has 236 valence electrons. The molecule has 3 aliphatic rings. The Kier molecular flexibility index (Phi) is 5.69. The number of ether oxygens (including phenoxy) is 1. The number of nitrogens with zero attached hydrogens (tertiary/aromatic N) is 2. The smallest absolute Gasteiger partial charge is 0.151 e. The van der Waals surface area contributed by atoms with E-state index in [4.69, 9.17) is 4.74 Å². The molecule has 7 aromatic carbocycles. The Morgan fingerprint density at radius 2 is 1.16 bits per heavy atom. The Bertz CT molecular complexity index is 2500. The molecule has 1 aliphatic carbocycles. The highest BCUT2D eigenvalue weighted by molar-refractivity contribution is 6.02. The van der Waals surface area contributed by atoms with Gasteiger partial charge in [-0.3, -0.25) is 0 Å². The van der Waals surface area contributed by atoms with Gasteiger partial charge in [-0.05, 0) is 81.7 Å². The molecule has 0 N–H and O–H groups in total. The molecule has 0 atom stereocenters. The summed E-state index contributed by atoms with van der Waals surface area (Å²) in [6.45, 7) is 9.46. The van der Waals surface area contributed by atoms with Gasteiger partial charge in [-0.25, -0.2) is 0 Å². The third-order valence-corrected chi connectivity index (χ3v) is 11.2. The average molecular weight is 633 g/mol. The van der Waals surface area contributed by atoms with Gasteiger partial charge >= 0.3 is 0 Å². The molecule has 10 rings (SSSR count). The van der Waals surface area contributed by atoms with Gasteiger partial charge in [-0.2, -0.15) is 0 Å². The largest absolute Gasteiger partial charge is 0.453 e. The first kappa shape index (κ1) is 28.2. The van der Waals surface area contributed by atoms with Crippen LogP contribution in [0.5, 0.6) is 11.5 Å². The van der Waals surface area contributed by atoms with Gasteiger partial charge in [0, 0.05) is 27.5 Å². The summed E-state index contributed by atoms with van der Waals surface area (Å²) in [5.74, 6) is 1.76. The second-order valence-corrected chi connectivity index (χ2v) is 14.6. The van der Waals surface area contributed by atoms with Crippen LogP contribution >= 0.6 is 0 Å². The third kappa shape index (κ3) is 3.79. The number of anilines is 6. The van der Waals surface area contributed by atoms with Crippen molar-refractivity contribution in [3.63, 3.8) is 0 Å². The van der Waals surface area contributed by atoms with Crippen LogP contribution in [-0.2, 0) is 10.8 Å². The summed E-state index contributed by atoms with van der Waals surface area (Å²) in [5.41, 5.74) is 14.3. The summed E-state index contributed by atoms with van der Waals surface area (Å²) in [7, 11) is 0. The SMILES string of the molecule is CC1(C)c2ccccc2-c2ccc(N(c3cccc4c3C(C)(C)c3cccc5c3N4c3ccccc3O5)c3cccc4ccccc34)cc21. The molecule has 0 amide bonds. The Balaban J connectivity index is 1.28. The number of rotatable bonds is 3. The molecule has 2 heterocycles. The summed E-state index contributed by atoms with van der Waals surface area (Å²) >= 11 is 0. The first-order valence-electron chi connectivity index (χ1n) is 17.2. The summed E-state index contributed by atoms with van der Waals surface area (Å²) in [5, 5.41) is 2.44. The lowest BCUT2D eigenvalue weighted by molar-refractivity contribution is 0.471. The minimum atomic E-state index is -0.335. The monoisotopic (exact) mass is 632 g/mol. The third-order valence-electron chi connectivity index (χ3n) is 11.2. The van der Waals surface area contributed by atoms with Crippen molar-refractivity contribution in [2.75, 3.05) is 9.80 Å². The molecule has 7 aromatic rings. The standard InChI is InChI=1S/C46H36N2O/c1-45(2)34-18-8-7-17-32(34)33-27-26-30(28-36(33)45)47(37-21-11-15-29-14-5-6-16-31(29)37)39-22-13-23-40-43(39)46(3,4)35-19-12-25-42-44(35)48(40)38-20-9-10-24-41(38)49-42/h5-28H,1-4H3. The predicted molar refractivity (Wildman–Crippen MR) is 203 cm³/mol. The van der Waals surface area contributed by atoms with Crippen LogP contribution in [0.4, 0.5) is 34.1 Å². The molecule has 3 nitrogen and oxygen atoms in total. The summed E-state index contributed by atoms with van der Waals surface area (Å²) < 4.78 is 6.53. The molecule has 0 fully saturated rings. The second kappa shape index (κ2) is 9.87. The number of hydrogen-bond acceptors (Lipinski definition) is 3. The number of para-hydroxylation sites is 3. The van der Waals surface area contributed by atoms with E-state index < -0.39 is 0 Å². The van der Waals surface area contributed by atoms with E-state index in [0.29, 0.717) is 0 Å². The van der Waals surface area contributed by atoms with E-state index >= 15 is 0 Å². The number of benzene rings is 7. The number of hydrogen-bond donors (Lipinski definition) is 0. The zero-order valence-electron chi connectivity index (χ0n) is 28.2. The highest BCUT2D eigenvalue weighted by Gasteiger charge is 2.44. The van der Waals surface area contributed by atoms with Crippen molar-refractivity contribution in [2.24, 2.45) is 0 Å². The second-order valence-electron chi connectivity index (χ2n) is 14.6. The van der Waals surface area contributed by atoms with Crippen molar-refractivity contribution in [1.82, 2.24) is 0 Å². The van der Waals surface area contributed by atoms with E-state index in [1.165, 1.54) is 55.5 Å². The Morgan fingerprint density at radius 1 is 0.510 bits per heavy atom. The van der Waals surface area contributed by atoms with Gasteiger partial charge < -0.3 is 14.5 Å². The van der Waals surface area contributed by atoms with Crippen LogP contribution in [0.3, 0.4) is 0 Å². The highest BCUT2D eigenvalue weighted by Crippen LogP contribution is 2.62. The Labute approximate surface area is 287 Å². The van der Waals surface area contributed by atoms with Gasteiger partial charge in [0.05, 0.1) is 28.4 Å². The highest BCUT2D eigenvalue weighted by atomic mass is 16.5. The lowest BCUT2D eigenvalue weighted by Gasteiger charge is -2.46. The summed E-state index contributed by atoms with van der Waals surface area (Å²) in [4.78, 5) is 4.95. The van der Waals surface area contributed by atoms with Crippen LogP contribution in [0.15, 0.2) is 146 Å². The molecular formula is C46H36N2O. The van der Waals surface area contributed by atoms with E-state index in [9.17, 15) is 0 Å². The zero-order chi connectivity index (χ0) is 33.1. The van der Waals surface area contributed by atoms with Crippen molar-refractivity contribution in [1.29, 1.82) is 0 Å². The molecule has 0 unspecified atom stereocenters. The molecule has 0 saturated carbocycles. The normalized spacial score (nSPS) is 15.4. The van der Waals surface area contributed by atoms with Crippen LogP contribution in [0, 0.1) is 0 Å². The van der Waals surface area contributed by atoms with E-state index in [1.54, 1.807) is 0 Å². The van der Waals surface area contributed by atoms with Gasteiger partial charge in [-0.15, -0.1) is 0 Å². The first-order chi connectivity index (χ1) is 23.8. The average Bonchev–Trinajstić information content (AvgIpc) is 3.35. The number of fused-ring (bicyclic) bond motifs is 8.